The molecule has 0 aromatic carbocycles. The molecule has 1 saturated heterocycles. The summed E-state index contributed by atoms with van der Waals surface area (Å²) in [6, 6.07) is 2.79. The Morgan fingerprint density at radius 3 is 2.91 bits per heavy atom. The van der Waals surface area contributed by atoms with Crippen LogP contribution >= 0.6 is 11.6 Å². The Balaban J connectivity index is 1.94. The first-order chi connectivity index (χ1) is 10.6. The Bertz CT molecular complexity index is 731. The van der Waals surface area contributed by atoms with Crippen LogP contribution in [-0.4, -0.2) is 46.2 Å². The molecule has 2 aromatic heterocycles. The zero-order chi connectivity index (χ0) is 15.5. The Morgan fingerprint density at radius 2 is 2.18 bits per heavy atom. The number of nitrogens with one attached hydrogen (secondary N) is 1. The maximum Gasteiger partial charge on any atom is 0.270 e. The summed E-state index contributed by atoms with van der Waals surface area (Å²) in [6.45, 7) is 3.24. The number of aromatic amines is 1. The number of hydrogen-bond acceptors (Lipinski definition) is 5. The normalized spacial score (nSPS) is 15.9. The van der Waals surface area contributed by atoms with Crippen molar-refractivity contribution >= 4 is 11.6 Å². The van der Waals surface area contributed by atoms with Crippen LogP contribution in [-0.2, 0) is 11.3 Å². The van der Waals surface area contributed by atoms with Gasteiger partial charge in [0.1, 0.15) is 10.8 Å². The molecule has 0 radical (unpaired) electrons. The molecule has 1 aliphatic rings. The summed E-state index contributed by atoms with van der Waals surface area (Å²) in [6.07, 6.45) is 1.32. The maximum absolute atomic E-state index is 13.2. The second kappa shape index (κ2) is 6.51. The number of halogens is 2. The molecule has 1 N–H and O–H groups in total. The third kappa shape index (κ3) is 3.32. The summed E-state index contributed by atoms with van der Waals surface area (Å²) in [5, 5.41) is 0.0600. The number of H-pyrrole nitrogens is 1. The van der Waals surface area contributed by atoms with E-state index in [1.54, 1.807) is 6.07 Å². The molecule has 8 heteroatoms. The summed E-state index contributed by atoms with van der Waals surface area (Å²) in [4.78, 5) is 24.5. The van der Waals surface area contributed by atoms with Crippen molar-refractivity contribution in [2.24, 2.45) is 0 Å². The van der Waals surface area contributed by atoms with Gasteiger partial charge in [0.25, 0.3) is 5.56 Å². The predicted octanol–water partition coefficient (Wildman–Crippen LogP) is 1.46. The monoisotopic (exact) mass is 324 g/mol. The number of aromatic nitrogens is 3. The highest BCUT2D eigenvalue weighted by Crippen LogP contribution is 2.18. The van der Waals surface area contributed by atoms with E-state index in [9.17, 15) is 9.18 Å². The Morgan fingerprint density at radius 1 is 1.41 bits per heavy atom. The van der Waals surface area contributed by atoms with Crippen LogP contribution in [0.15, 0.2) is 23.1 Å². The average Bonchev–Trinajstić information content (AvgIpc) is 2.52. The summed E-state index contributed by atoms with van der Waals surface area (Å²) in [5.41, 5.74) is 0.483. The minimum Gasteiger partial charge on any atom is -0.379 e. The molecule has 0 spiro atoms. The summed E-state index contributed by atoms with van der Waals surface area (Å²) >= 11 is 6.05. The number of pyridine rings is 1. The van der Waals surface area contributed by atoms with Crippen molar-refractivity contribution in [1.82, 2.24) is 19.9 Å². The SMILES string of the molecule is O=c1[nH]c(-c2ccnc(F)c2)nc(CN2CCOCC2)c1Cl. The van der Waals surface area contributed by atoms with Gasteiger partial charge in [0, 0.05) is 37.5 Å². The van der Waals surface area contributed by atoms with E-state index >= 15 is 0 Å². The molecular formula is C14H14ClFN4O2. The van der Waals surface area contributed by atoms with Gasteiger partial charge >= 0.3 is 0 Å². The molecule has 0 amide bonds. The first kappa shape index (κ1) is 15.1. The molecule has 1 fully saturated rings. The van der Waals surface area contributed by atoms with Crippen LogP contribution in [0, 0.1) is 5.95 Å². The van der Waals surface area contributed by atoms with Gasteiger partial charge in [-0.1, -0.05) is 11.6 Å². The molecule has 0 atom stereocenters. The number of hydrogen-bond donors (Lipinski definition) is 1. The molecule has 1 aliphatic heterocycles. The fraction of sp³-hybridized carbons (Fsp3) is 0.357. The van der Waals surface area contributed by atoms with Gasteiger partial charge in [0.15, 0.2) is 0 Å². The Kier molecular flexibility index (Phi) is 4.47. The van der Waals surface area contributed by atoms with Crippen LogP contribution in [0.1, 0.15) is 5.69 Å². The molecule has 0 bridgehead atoms. The zero-order valence-corrected chi connectivity index (χ0v) is 12.4. The summed E-state index contributed by atoms with van der Waals surface area (Å²) in [5.74, 6) is -0.358. The quantitative estimate of drug-likeness (QED) is 0.865. The molecular weight excluding hydrogens is 311 g/mol. The predicted molar refractivity (Wildman–Crippen MR) is 79.2 cm³/mol. The second-order valence-electron chi connectivity index (χ2n) is 4.93. The van der Waals surface area contributed by atoms with Crippen LogP contribution in [0.25, 0.3) is 11.4 Å². The fourth-order valence-corrected chi connectivity index (χ4v) is 2.42. The van der Waals surface area contributed by atoms with E-state index in [0.29, 0.717) is 31.0 Å². The van der Waals surface area contributed by atoms with Crippen molar-refractivity contribution in [3.8, 4) is 11.4 Å². The molecule has 0 saturated carbocycles. The average molecular weight is 325 g/mol. The number of nitrogens with zero attached hydrogens (tertiary/aromatic N) is 3. The lowest BCUT2D eigenvalue weighted by Crippen LogP contribution is -2.36. The van der Waals surface area contributed by atoms with Crippen LogP contribution in [0.3, 0.4) is 0 Å². The van der Waals surface area contributed by atoms with Gasteiger partial charge in [0.2, 0.25) is 5.95 Å². The van der Waals surface area contributed by atoms with Crippen molar-refractivity contribution in [2.75, 3.05) is 26.3 Å². The molecule has 0 unspecified atom stereocenters. The number of ether oxygens (including phenoxy) is 1. The van der Waals surface area contributed by atoms with E-state index in [-0.39, 0.29) is 10.8 Å². The third-order valence-corrected chi connectivity index (χ3v) is 3.80. The Labute approximate surface area is 130 Å². The lowest BCUT2D eigenvalue weighted by molar-refractivity contribution is 0.0336. The maximum atomic E-state index is 13.2. The molecule has 22 heavy (non-hydrogen) atoms. The molecule has 3 rings (SSSR count). The van der Waals surface area contributed by atoms with Gasteiger partial charge in [-0.05, 0) is 6.07 Å². The van der Waals surface area contributed by atoms with Crippen molar-refractivity contribution < 1.29 is 9.13 Å². The van der Waals surface area contributed by atoms with E-state index < -0.39 is 11.5 Å². The standard InChI is InChI=1S/C14H14ClFN4O2/c15-12-10(8-20-3-5-22-6-4-20)18-13(19-14(12)21)9-1-2-17-11(16)7-9/h1-2,7H,3-6,8H2,(H,18,19,21). The Hall–Kier alpha value is -1.83. The number of rotatable bonds is 3. The fourth-order valence-electron chi connectivity index (χ4n) is 2.27. The first-order valence-electron chi connectivity index (χ1n) is 6.84. The summed E-state index contributed by atoms with van der Waals surface area (Å²) < 4.78 is 18.5. The number of morpholine rings is 1. The zero-order valence-electron chi connectivity index (χ0n) is 11.7. The topological polar surface area (TPSA) is 71.1 Å². The van der Waals surface area contributed by atoms with E-state index in [0.717, 1.165) is 13.1 Å². The van der Waals surface area contributed by atoms with Gasteiger partial charge in [-0.2, -0.15) is 4.39 Å². The van der Waals surface area contributed by atoms with Gasteiger partial charge in [-0.15, -0.1) is 0 Å². The van der Waals surface area contributed by atoms with Gasteiger partial charge in [-0.3, -0.25) is 9.69 Å². The minimum atomic E-state index is -0.634. The van der Waals surface area contributed by atoms with Gasteiger partial charge < -0.3 is 9.72 Å². The van der Waals surface area contributed by atoms with Crippen LogP contribution in [0.5, 0.6) is 0 Å². The molecule has 3 heterocycles. The largest absolute Gasteiger partial charge is 0.379 e. The van der Waals surface area contributed by atoms with Crippen LogP contribution in [0.2, 0.25) is 5.02 Å². The lowest BCUT2D eigenvalue weighted by Gasteiger charge is -2.26. The molecule has 6 nitrogen and oxygen atoms in total. The van der Waals surface area contributed by atoms with E-state index in [1.165, 1.54) is 12.3 Å². The highest BCUT2D eigenvalue weighted by Gasteiger charge is 2.16. The summed E-state index contributed by atoms with van der Waals surface area (Å²) in [7, 11) is 0. The highest BCUT2D eigenvalue weighted by molar-refractivity contribution is 6.31. The van der Waals surface area contributed by atoms with Crippen molar-refractivity contribution in [1.29, 1.82) is 0 Å². The van der Waals surface area contributed by atoms with E-state index in [2.05, 4.69) is 19.9 Å². The van der Waals surface area contributed by atoms with Crippen molar-refractivity contribution in [2.45, 2.75) is 6.54 Å². The van der Waals surface area contributed by atoms with E-state index in [4.69, 9.17) is 16.3 Å². The molecule has 116 valence electrons. The molecule has 0 aliphatic carbocycles. The van der Waals surface area contributed by atoms with Crippen molar-refractivity contribution in [3.63, 3.8) is 0 Å². The van der Waals surface area contributed by atoms with Gasteiger partial charge in [-0.25, -0.2) is 9.97 Å². The van der Waals surface area contributed by atoms with Crippen molar-refractivity contribution in [3.05, 3.63) is 45.3 Å². The smallest absolute Gasteiger partial charge is 0.270 e. The molecule has 2 aromatic rings. The second-order valence-corrected chi connectivity index (χ2v) is 5.31. The van der Waals surface area contributed by atoms with Gasteiger partial charge in [0.05, 0.1) is 18.9 Å². The highest BCUT2D eigenvalue weighted by atomic mass is 35.5. The van der Waals surface area contributed by atoms with Crippen LogP contribution in [0.4, 0.5) is 4.39 Å². The third-order valence-electron chi connectivity index (χ3n) is 3.41. The first-order valence-corrected chi connectivity index (χ1v) is 7.22. The van der Waals surface area contributed by atoms with E-state index in [1.807, 2.05) is 0 Å². The minimum absolute atomic E-state index is 0.0600. The van der Waals surface area contributed by atoms with Crippen LogP contribution < -0.4 is 5.56 Å². The lowest BCUT2D eigenvalue weighted by atomic mass is 10.2.